The molecule has 0 amide bonds. The highest BCUT2D eigenvalue weighted by Gasteiger charge is 2.23. The summed E-state index contributed by atoms with van der Waals surface area (Å²) in [5, 5.41) is 10.3. The zero-order valence-electron chi connectivity index (χ0n) is 13.8. The Morgan fingerprint density at radius 1 is 1.15 bits per heavy atom. The molecule has 1 heteroatoms. The molecule has 1 aliphatic carbocycles. The molecule has 1 atom stereocenters. The lowest BCUT2D eigenvalue weighted by Crippen LogP contribution is -2.15. The Bertz CT molecular complexity index is 440. The Labute approximate surface area is 124 Å². The van der Waals surface area contributed by atoms with Crippen LogP contribution in [0.5, 0.6) is 0 Å². The largest absolute Gasteiger partial charge is 0.393 e. The van der Waals surface area contributed by atoms with Crippen molar-refractivity contribution in [3.05, 3.63) is 34.4 Å². The van der Waals surface area contributed by atoms with Crippen LogP contribution >= 0.6 is 0 Å². The minimum atomic E-state index is -0.173. The molecule has 1 unspecified atom stereocenters. The van der Waals surface area contributed by atoms with E-state index in [4.69, 9.17) is 0 Å². The SMILES string of the molecule is Cc1cc(C(C)(C)C)cc(C)c1CC(O)CCC1CC1. The fourth-order valence-electron chi connectivity index (χ4n) is 2.92. The van der Waals surface area contributed by atoms with Crippen LogP contribution < -0.4 is 0 Å². The summed E-state index contributed by atoms with van der Waals surface area (Å²) >= 11 is 0. The second-order valence-corrected chi connectivity index (χ2v) is 7.72. The Morgan fingerprint density at radius 3 is 2.15 bits per heavy atom. The number of aliphatic hydroxyl groups is 1. The first-order chi connectivity index (χ1) is 9.27. The zero-order valence-corrected chi connectivity index (χ0v) is 13.8. The van der Waals surface area contributed by atoms with Crippen molar-refractivity contribution in [3.63, 3.8) is 0 Å². The maximum absolute atomic E-state index is 10.3. The van der Waals surface area contributed by atoms with Crippen LogP contribution in [-0.2, 0) is 11.8 Å². The molecule has 1 nitrogen and oxygen atoms in total. The van der Waals surface area contributed by atoms with E-state index in [9.17, 15) is 5.11 Å². The van der Waals surface area contributed by atoms with Gasteiger partial charge in [0.2, 0.25) is 0 Å². The molecule has 0 aliphatic heterocycles. The quantitative estimate of drug-likeness (QED) is 0.825. The van der Waals surface area contributed by atoms with Crippen molar-refractivity contribution in [2.24, 2.45) is 5.92 Å². The first-order valence-electron chi connectivity index (χ1n) is 8.06. The van der Waals surface area contributed by atoms with Crippen LogP contribution in [0, 0.1) is 19.8 Å². The predicted molar refractivity (Wildman–Crippen MR) is 86.3 cm³/mol. The molecule has 0 aromatic heterocycles. The summed E-state index contributed by atoms with van der Waals surface area (Å²) in [5.74, 6) is 0.912. The molecule has 1 fully saturated rings. The molecule has 0 saturated heterocycles. The van der Waals surface area contributed by atoms with Crippen molar-refractivity contribution in [2.75, 3.05) is 0 Å². The Hall–Kier alpha value is -0.820. The van der Waals surface area contributed by atoms with Crippen LogP contribution in [-0.4, -0.2) is 11.2 Å². The summed E-state index contributed by atoms with van der Waals surface area (Å²) in [5.41, 5.74) is 5.60. The molecule has 0 radical (unpaired) electrons. The van der Waals surface area contributed by atoms with Gasteiger partial charge in [0, 0.05) is 0 Å². The minimum Gasteiger partial charge on any atom is -0.393 e. The molecule has 112 valence electrons. The fourth-order valence-corrected chi connectivity index (χ4v) is 2.92. The second kappa shape index (κ2) is 5.89. The minimum absolute atomic E-state index is 0.173. The van der Waals surface area contributed by atoms with Gasteiger partial charge in [-0.05, 0) is 66.7 Å². The maximum Gasteiger partial charge on any atom is 0.0580 e. The van der Waals surface area contributed by atoms with Crippen molar-refractivity contribution in [1.82, 2.24) is 0 Å². The van der Waals surface area contributed by atoms with Gasteiger partial charge in [-0.1, -0.05) is 45.7 Å². The van der Waals surface area contributed by atoms with Crippen LogP contribution in [0.1, 0.15) is 68.7 Å². The van der Waals surface area contributed by atoms with Crippen molar-refractivity contribution >= 4 is 0 Å². The standard InChI is InChI=1S/C19H30O/c1-13-10-16(19(3,4)5)11-14(2)18(13)12-17(20)9-8-15-6-7-15/h10-11,15,17,20H,6-9,12H2,1-5H3. The summed E-state index contributed by atoms with van der Waals surface area (Å²) in [6.45, 7) is 11.1. The lowest BCUT2D eigenvalue weighted by atomic mass is 9.83. The Kier molecular flexibility index (Phi) is 4.59. The third-order valence-corrected chi connectivity index (χ3v) is 4.61. The Morgan fingerprint density at radius 2 is 1.70 bits per heavy atom. The highest BCUT2D eigenvalue weighted by molar-refractivity contribution is 5.40. The van der Waals surface area contributed by atoms with Gasteiger partial charge in [0.05, 0.1) is 6.10 Å². The molecule has 0 heterocycles. The third-order valence-electron chi connectivity index (χ3n) is 4.61. The van der Waals surface area contributed by atoms with Gasteiger partial charge < -0.3 is 5.11 Å². The summed E-state index contributed by atoms with van der Waals surface area (Å²) in [7, 11) is 0. The smallest absolute Gasteiger partial charge is 0.0580 e. The molecule has 1 aliphatic rings. The lowest BCUT2D eigenvalue weighted by molar-refractivity contribution is 0.159. The number of benzene rings is 1. The first kappa shape index (κ1) is 15.6. The average molecular weight is 274 g/mol. The molecular formula is C19H30O. The van der Waals surface area contributed by atoms with Gasteiger partial charge in [0.15, 0.2) is 0 Å². The number of aliphatic hydroxyl groups excluding tert-OH is 1. The molecule has 1 aromatic carbocycles. The van der Waals surface area contributed by atoms with E-state index in [-0.39, 0.29) is 11.5 Å². The van der Waals surface area contributed by atoms with Crippen LogP contribution in [0.4, 0.5) is 0 Å². The fraction of sp³-hybridized carbons (Fsp3) is 0.684. The molecule has 1 aromatic rings. The zero-order chi connectivity index (χ0) is 14.9. The van der Waals surface area contributed by atoms with Crippen LogP contribution in [0.15, 0.2) is 12.1 Å². The molecular weight excluding hydrogens is 244 g/mol. The number of hydrogen-bond acceptors (Lipinski definition) is 1. The van der Waals surface area contributed by atoms with Crippen molar-refractivity contribution in [2.45, 2.75) is 78.2 Å². The van der Waals surface area contributed by atoms with Gasteiger partial charge >= 0.3 is 0 Å². The summed E-state index contributed by atoms with van der Waals surface area (Å²) in [6.07, 6.45) is 5.57. The third kappa shape index (κ3) is 4.09. The molecule has 1 saturated carbocycles. The van der Waals surface area contributed by atoms with Gasteiger partial charge in [-0.3, -0.25) is 0 Å². The predicted octanol–water partition coefficient (Wildman–Crippen LogP) is 4.69. The van der Waals surface area contributed by atoms with Crippen molar-refractivity contribution in [1.29, 1.82) is 0 Å². The van der Waals surface area contributed by atoms with Crippen LogP contribution in [0.2, 0.25) is 0 Å². The van der Waals surface area contributed by atoms with Gasteiger partial charge in [-0.25, -0.2) is 0 Å². The van der Waals surface area contributed by atoms with E-state index in [2.05, 4.69) is 46.8 Å². The van der Waals surface area contributed by atoms with Gasteiger partial charge in [-0.2, -0.15) is 0 Å². The first-order valence-corrected chi connectivity index (χ1v) is 8.06. The topological polar surface area (TPSA) is 20.2 Å². The monoisotopic (exact) mass is 274 g/mol. The average Bonchev–Trinajstić information content (AvgIpc) is 3.13. The second-order valence-electron chi connectivity index (χ2n) is 7.72. The molecule has 2 rings (SSSR count). The van der Waals surface area contributed by atoms with E-state index < -0.39 is 0 Å². The lowest BCUT2D eigenvalue weighted by Gasteiger charge is -2.23. The van der Waals surface area contributed by atoms with E-state index in [1.807, 2.05) is 0 Å². The molecule has 1 N–H and O–H groups in total. The number of hydrogen-bond donors (Lipinski definition) is 1. The van der Waals surface area contributed by atoms with E-state index in [1.165, 1.54) is 41.5 Å². The summed E-state index contributed by atoms with van der Waals surface area (Å²) in [4.78, 5) is 0. The summed E-state index contributed by atoms with van der Waals surface area (Å²) < 4.78 is 0. The van der Waals surface area contributed by atoms with Crippen molar-refractivity contribution in [3.8, 4) is 0 Å². The van der Waals surface area contributed by atoms with E-state index >= 15 is 0 Å². The van der Waals surface area contributed by atoms with Crippen molar-refractivity contribution < 1.29 is 5.11 Å². The van der Waals surface area contributed by atoms with Gasteiger partial charge in [0.25, 0.3) is 0 Å². The van der Waals surface area contributed by atoms with E-state index in [0.29, 0.717) is 0 Å². The Balaban J connectivity index is 2.07. The molecule has 20 heavy (non-hydrogen) atoms. The van der Waals surface area contributed by atoms with Crippen LogP contribution in [0.25, 0.3) is 0 Å². The number of rotatable bonds is 5. The highest BCUT2D eigenvalue weighted by atomic mass is 16.3. The van der Waals surface area contributed by atoms with Gasteiger partial charge in [0.1, 0.15) is 0 Å². The van der Waals surface area contributed by atoms with Gasteiger partial charge in [-0.15, -0.1) is 0 Å². The normalized spacial score (nSPS) is 17.3. The van der Waals surface area contributed by atoms with Crippen LogP contribution in [0.3, 0.4) is 0 Å². The maximum atomic E-state index is 10.3. The van der Waals surface area contributed by atoms with E-state index in [0.717, 1.165) is 18.8 Å². The number of aryl methyl sites for hydroxylation is 2. The molecule has 0 spiro atoms. The highest BCUT2D eigenvalue weighted by Crippen LogP contribution is 2.34. The van der Waals surface area contributed by atoms with E-state index in [1.54, 1.807) is 0 Å². The summed E-state index contributed by atoms with van der Waals surface area (Å²) in [6, 6.07) is 4.60. The molecule has 0 bridgehead atoms.